The molecule has 0 radical (unpaired) electrons. The van der Waals surface area contributed by atoms with Gasteiger partial charge in [-0.3, -0.25) is 9.55 Å². The van der Waals surface area contributed by atoms with E-state index in [2.05, 4.69) is 6.07 Å². The molecular formula is C58H52N3OPt-. The molecule has 63 heavy (non-hydrogen) atoms. The van der Waals surface area contributed by atoms with Crippen molar-refractivity contribution in [2.75, 3.05) is 0 Å². The average molecular weight is 1020 g/mol. The number of imidazole rings is 1. The number of benzene rings is 7. The molecule has 2 aromatic heterocycles. The molecule has 9 aromatic rings. The van der Waals surface area contributed by atoms with E-state index >= 15 is 0 Å². The molecule has 0 atom stereocenters. The number of rotatable bonds is 7. The van der Waals surface area contributed by atoms with Gasteiger partial charge in [0.15, 0.2) is 0 Å². The number of hydrogen-bond acceptors (Lipinski definition) is 3. The van der Waals surface area contributed by atoms with Crippen LogP contribution in [0.1, 0.15) is 92.2 Å². The van der Waals surface area contributed by atoms with Gasteiger partial charge in [-0.15, -0.1) is 23.8 Å². The fraction of sp³-hybridized carbons (Fsp3) is 0.172. The molecular weight excluding hydrogens is 950 g/mol. The molecule has 0 saturated heterocycles. The van der Waals surface area contributed by atoms with Crippen LogP contribution in [-0.2, 0) is 31.9 Å². The first-order chi connectivity index (χ1) is 38.4. The van der Waals surface area contributed by atoms with E-state index in [1.807, 2.05) is 79.7 Å². The summed E-state index contributed by atoms with van der Waals surface area (Å²) >= 11 is 0. The Bertz CT molecular complexity index is 3820. The van der Waals surface area contributed by atoms with Gasteiger partial charge in [0.2, 0.25) is 0 Å². The molecule has 0 saturated carbocycles. The van der Waals surface area contributed by atoms with E-state index in [1.165, 1.54) is 22.8 Å². The van der Waals surface area contributed by atoms with Crippen LogP contribution in [0.2, 0.25) is 0 Å². The number of pyridine rings is 1. The van der Waals surface area contributed by atoms with E-state index in [4.69, 9.17) is 38.8 Å². The fourth-order valence-corrected chi connectivity index (χ4v) is 7.74. The van der Waals surface area contributed by atoms with Crippen molar-refractivity contribution in [2.24, 2.45) is 0 Å². The maximum absolute atomic E-state index is 13.0. The predicted molar refractivity (Wildman–Crippen MR) is 259 cm³/mol. The van der Waals surface area contributed by atoms with E-state index in [0.717, 1.165) is 22.3 Å². The van der Waals surface area contributed by atoms with Crippen molar-refractivity contribution in [2.45, 2.75) is 65.7 Å². The Morgan fingerprint density at radius 1 is 0.587 bits per heavy atom. The Labute approximate surface area is 416 Å². The molecule has 9 rings (SSSR count). The van der Waals surface area contributed by atoms with Crippen molar-refractivity contribution in [1.82, 2.24) is 14.5 Å². The van der Waals surface area contributed by atoms with Gasteiger partial charge in [0.1, 0.15) is 11.6 Å². The second-order valence-corrected chi connectivity index (χ2v) is 15.3. The minimum absolute atomic E-state index is 0. The minimum Gasteiger partial charge on any atom is -0.507 e. The van der Waals surface area contributed by atoms with Crippen LogP contribution in [0, 0.1) is 19.8 Å². The Morgan fingerprint density at radius 2 is 1.24 bits per heavy atom. The molecule has 5 heteroatoms. The van der Waals surface area contributed by atoms with Crippen molar-refractivity contribution >= 4 is 11.0 Å². The van der Waals surface area contributed by atoms with Gasteiger partial charge in [-0.25, -0.2) is 4.98 Å². The number of aromatic hydroxyl groups is 1. The second kappa shape index (κ2) is 17.1. The first-order valence-corrected chi connectivity index (χ1v) is 19.7. The van der Waals surface area contributed by atoms with Gasteiger partial charge in [0.25, 0.3) is 0 Å². The Kier molecular flexibility index (Phi) is 6.64. The number of nitrogens with zero attached hydrogens (tertiary/aromatic N) is 3. The van der Waals surface area contributed by atoms with Crippen molar-refractivity contribution in [1.29, 1.82) is 0 Å². The van der Waals surface area contributed by atoms with Gasteiger partial charge in [-0.05, 0) is 93.9 Å². The average Bonchev–Trinajstić information content (AvgIpc) is 0.937. The zero-order valence-corrected chi connectivity index (χ0v) is 36.0. The van der Waals surface area contributed by atoms with E-state index in [1.54, 1.807) is 60.8 Å². The molecule has 0 bridgehead atoms. The van der Waals surface area contributed by atoms with E-state index in [9.17, 15) is 5.11 Å². The summed E-state index contributed by atoms with van der Waals surface area (Å²) in [5, 5.41) is 13.0. The Hall–Kier alpha value is -6.35. The molecule has 2 heterocycles. The molecule has 0 fully saturated rings. The number of para-hydroxylation sites is 1. The van der Waals surface area contributed by atoms with Gasteiger partial charge in [0, 0.05) is 67.3 Å². The van der Waals surface area contributed by atoms with Crippen LogP contribution in [0.25, 0.3) is 83.9 Å². The number of phenols is 1. The standard InChI is InChI=1S/C58H52N3O.Pt/c1-37-22-24-41(25-23-37)43-28-29-59-51(34-43)46-32-44(40-18-13-10-14-19-40)31-45(33-46)48-20-15-21-53-54(48)60-56(49-35-47(57(3,4)5)36-50(55(49)62)58(6,7)8)61(53)52-27-26-42(30-38(52)2)39-16-11-9-12-17-39;/h9-32,34-36,62H,1-8H3;/q-1;/i2D3,3D3,4D3,5D3,6D3,7D3,8D3;. The summed E-state index contributed by atoms with van der Waals surface area (Å²) in [4.78, 5) is 9.77. The first-order valence-electron chi connectivity index (χ1n) is 30.2. The zero-order valence-electron chi connectivity index (χ0n) is 54.7. The number of hydrogen-bond donors (Lipinski definition) is 1. The van der Waals surface area contributed by atoms with Crippen LogP contribution in [0.5, 0.6) is 5.75 Å². The summed E-state index contributed by atoms with van der Waals surface area (Å²) in [6.07, 6.45) is 1.65. The third-order valence-corrected chi connectivity index (χ3v) is 10.9. The Morgan fingerprint density at radius 3 is 1.94 bits per heavy atom. The summed E-state index contributed by atoms with van der Waals surface area (Å²) < 4.78 is 185. The molecule has 0 spiro atoms. The Balaban J connectivity index is 0.00000920. The van der Waals surface area contributed by atoms with Crippen molar-refractivity contribution in [3.8, 4) is 78.6 Å². The van der Waals surface area contributed by atoms with E-state index in [0.29, 0.717) is 39.6 Å². The SMILES string of the molecule is [2H]C([2H])([2H])c1cc(-c2ccccc2)ccc1-n1c(-c2cc(C(C([2H])([2H])[2H])(C([2H])([2H])[2H])C([2H])([2H])[2H])cc(C(C([2H])([2H])[2H])(C([2H])([2H])[2H])C([2H])([2H])[2H])c2O)nc2c(-c3[c-]c(-c4cc(-c5ccc(C)cc5)ccn4)cc(-c4ccccc4)c3)cccc21.[Pt]. The van der Waals surface area contributed by atoms with E-state index < -0.39 is 87.1 Å². The molecule has 0 aliphatic carbocycles. The van der Waals surface area contributed by atoms with Crippen LogP contribution in [0.15, 0.2) is 164 Å². The molecule has 7 aromatic carbocycles. The van der Waals surface area contributed by atoms with Crippen LogP contribution < -0.4 is 0 Å². The van der Waals surface area contributed by atoms with Crippen LogP contribution >= 0.6 is 0 Å². The molecule has 0 unspecified atom stereocenters. The molecule has 1 N–H and O–H groups in total. The third kappa shape index (κ3) is 8.58. The van der Waals surface area contributed by atoms with Crippen LogP contribution in [0.3, 0.4) is 0 Å². The maximum atomic E-state index is 13.0. The number of fused-ring (bicyclic) bond motifs is 1. The van der Waals surface area contributed by atoms with Crippen molar-refractivity contribution < 1.29 is 55.0 Å². The zero-order chi connectivity index (χ0) is 60.8. The van der Waals surface area contributed by atoms with Crippen molar-refractivity contribution in [3.63, 3.8) is 0 Å². The molecule has 316 valence electrons. The smallest absolute Gasteiger partial charge is 0.148 e. The summed E-state index contributed by atoms with van der Waals surface area (Å²) in [5.41, 5.74) is -6.00. The normalized spacial score (nSPS) is 18.1. The van der Waals surface area contributed by atoms with Gasteiger partial charge in [-0.1, -0.05) is 179 Å². The van der Waals surface area contributed by atoms with Crippen LogP contribution in [-0.4, -0.2) is 19.6 Å². The van der Waals surface area contributed by atoms with Crippen molar-refractivity contribution in [3.05, 3.63) is 192 Å². The monoisotopic (exact) mass is 1020 g/mol. The van der Waals surface area contributed by atoms with Gasteiger partial charge in [-0.2, -0.15) is 0 Å². The largest absolute Gasteiger partial charge is 0.507 e. The summed E-state index contributed by atoms with van der Waals surface area (Å²) in [6.45, 7) is -26.0. The number of aromatic nitrogens is 3. The van der Waals surface area contributed by atoms with Gasteiger partial charge in [0.05, 0.1) is 22.3 Å². The molecule has 4 nitrogen and oxygen atoms in total. The summed E-state index contributed by atoms with van der Waals surface area (Å²) in [6, 6.07) is 46.6. The molecule has 0 aliphatic heterocycles. The second-order valence-electron chi connectivity index (χ2n) is 15.3. The van der Waals surface area contributed by atoms with Crippen LogP contribution in [0.4, 0.5) is 0 Å². The topological polar surface area (TPSA) is 50.9 Å². The summed E-state index contributed by atoms with van der Waals surface area (Å²) in [7, 11) is 0. The van der Waals surface area contributed by atoms with Gasteiger partial charge >= 0.3 is 0 Å². The maximum Gasteiger partial charge on any atom is 0.148 e. The first kappa shape index (κ1) is 24.5. The van der Waals surface area contributed by atoms with Gasteiger partial charge < -0.3 is 5.11 Å². The predicted octanol–water partition coefficient (Wildman–Crippen LogP) is 15.1. The number of phenolic OH excluding ortho intramolecular Hbond substituents is 1. The summed E-state index contributed by atoms with van der Waals surface area (Å²) in [5.74, 6) is -2.16. The third-order valence-electron chi connectivity index (χ3n) is 10.9. The number of aryl methyl sites for hydroxylation is 2. The fourth-order valence-electron chi connectivity index (χ4n) is 7.74. The quantitative estimate of drug-likeness (QED) is 0.162. The molecule has 0 aliphatic rings. The molecule has 0 amide bonds. The van der Waals surface area contributed by atoms with E-state index in [-0.39, 0.29) is 55.0 Å². The minimum atomic E-state index is -4.23.